The zero-order valence-corrected chi connectivity index (χ0v) is 25.0. The van der Waals surface area contributed by atoms with Crippen LogP contribution in [0.1, 0.15) is 56.8 Å². The number of pyridine rings is 1. The summed E-state index contributed by atoms with van der Waals surface area (Å²) < 4.78 is 2.14. The number of piperidine rings is 1. The van der Waals surface area contributed by atoms with Gasteiger partial charge < -0.3 is 20.2 Å². The number of piperazine rings is 1. The predicted octanol–water partition coefficient (Wildman–Crippen LogP) is 4.88. The van der Waals surface area contributed by atoms with Crippen LogP contribution in [0.4, 0.5) is 17.3 Å². The van der Waals surface area contributed by atoms with Gasteiger partial charge in [0.1, 0.15) is 11.4 Å². The van der Waals surface area contributed by atoms with Crippen LogP contribution in [0.25, 0.3) is 16.9 Å². The first-order valence-electron chi connectivity index (χ1n) is 15.5. The molecule has 9 heteroatoms. The second kappa shape index (κ2) is 10.9. The number of hydrogen-bond donors (Lipinski definition) is 2. The zero-order chi connectivity index (χ0) is 28.8. The van der Waals surface area contributed by atoms with Gasteiger partial charge in [-0.15, -0.1) is 0 Å². The maximum Gasteiger partial charge on any atom is 0.229 e. The normalized spacial score (nSPS) is 19.5. The molecular weight excluding hydrogens is 524 g/mol. The molecule has 1 aliphatic carbocycles. The van der Waals surface area contributed by atoms with Crippen LogP contribution in [0, 0.1) is 0 Å². The van der Waals surface area contributed by atoms with E-state index in [-0.39, 0.29) is 0 Å². The van der Waals surface area contributed by atoms with Crippen LogP contribution >= 0.6 is 0 Å². The zero-order valence-electron chi connectivity index (χ0n) is 25.0. The third-order valence-electron chi connectivity index (χ3n) is 9.16. The van der Waals surface area contributed by atoms with E-state index in [1.54, 1.807) is 13.8 Å². The van der Waals surface area contributed by atoms with Gasteiger partial charge in [0, 0.05) is 74.0 Å². The Hall–Kier alpha value is -3.53. The fraction of sp³-hybridized carbons (Fsp3) is 0.485. The smallest absolute Gasteiger partial charge is 0.229 e. The second-order valence-electron chi connectivity index (χ2n) is 12.8. The Labute approximate surface area is 248 Å². The number of aliphatic hydroxyl groups is 1. The summed E-state index contributed by atoms with van der Waals surface area (Å²) in [6, 6.07) is 17.4. The Morgan fingerprint density at radius 3 is 2.31 bits per heavy atom. The first-order valence-corrected chi connectivity index (χ1v) is 15.5. The highest BCUT2D eigenvalue weighted by Crippen LogP contribution is 2.43. The molecule has 3 aromatic heterocycles. The van der Waals surface area contributed by atoms with Gasteiger partial charge in [0.05, 0.1) is 5.69 Å². The van der Waals surface area contributed by atoms with Crippen LogP contribution in [0.5, 0.6) is 0 Å². The fourth-order valence-electron chi connectivity index (χ4n) is 6.44. The number of likely N-dealkylation sites (N-methyl/N-ethyl adjacent to an activating group) is 1. The van der Waals surface area contributed by atoms with Crippen molar-refractivity contribution in [2.45, 2.75) is 57.1 Å². The van der Waals surface area contributed by atoms with Crippen molar-refractivity contribution in [3.8, 4) is 5.82 Å². The molecule has 0 spiro atoms. The highest BCUT2D eigenvalue weighted by molar-refractivity contribution is 5.80. The van der Waals surface area contributed by atoms with Gasteiger partial charge in [-0.05, 0) is 95.0 Å². The van der Waals surface area contributed by atoms with Crippen LogP contribution in [-0.4, -0.2) is 86.8 Å². The molecule has 9 nitrogen and oxygen atoms in total. The molecule has 0 atom stereocenters. The minimum absolute atomic E-state index is 0.502. The van der Waals surface area contributed by atoms with Crippen LogP contribution in [0.15, 0.2) is 54.7 Å². The topological polar surface area (TPSA) is 85.6 Å². The molecule has 3 aliphatic rings. The van der Waals surface area contributed by atoms with Crippen molar-refractivity contribution in [2.24, 2.45) is 0 Å². The summed E-state index contributed by atoms with van der Waals surface area (Å²) in [7, 11) is 2.22. The molecule has 0 amide bonds. The molecule has 220 valence electrons. The molecule has 1 saturated carbocycles. The minimum Gasteiger partial charge on any atom is -0.384 e. The molecule has 4 aromatic rings. The quantitative estimate of drug-likeness (QED) is 0.328. The summed E-state index contributed by atoms with van der Waals surface area (Å²) >= 11 is 0. The highest BCUT2D eigenvalue weighted by atomic mass is 16.3. The maximum atomic E-state index is 10.6. The first kappa shape index (κ1) is 27.3. The van der Waals surface area contributed by atoms with Gasteiger partial charge in [-0.2, -0.15) is 4.98 Å². The maximum absolute atomic E-state index is 10.6. The van der Waals surface area contributed by atoms with E-state index in [0.717, 1.165) is 41.7 Å². The van der Waals surface area contributed by atoms with Gasteiger partial charge in [-0.3, -0.25) is 9.47 Å². The molecular formula is C33H42N8O. The van der Waals surface area contributed by atoms with Crippen molar-refractivity contribution in [3.63, 3.8) is 0 Å². The van der Waals surface area contributed by atoms with Crippen molar-refractivity contribution < 1.29 is 5.11 Å². The van der Waals surface area contributed by atoms with Crippen molar-refractivity contribution in [2.75, 3.05) is 56.5 Å². The molecule has 2 saturated heterocycles. The third-order valence-corrected chi connectivity index (χ3v) is 9.16. The lowest BCUT2D eigenvalue weighted by Gasteiger charge is -2.42. The molecule has 3 fully saturated rings. The Balaban J connectivity index is 1.07. The Morgan fingerprint density at radius 2 is 1.62 bits per heavy atom. The number of benzene rings is 1. The molecule has 0 bridgehead atoms. The summed E-state index contributed by atoms with van der Waals surface area (Å²) in [6.45, 7) is 10.5. The molecule has 2 N–H and O–H groups in total. The lowest BCUT2D eigenvalue weighted by atomic mass is 10.0. The molecule has 7 rings (SSSR count). The van der Waals surface area contributed by atoms with E-state index in [4.69, 9.17) is 9.97 Å². The van der Waals surface area contributed by atoms with Crippen molar-refractivity contribution in [1.82, 2.24) is 29.3 Å². The average Bonchev–Trinajstić information content (AvgIpc) is 3.78. The predicted molar refractivity (Wildman–Crippen MR) is 168 cm³/mol. The standard InChI is InChI=1S/C33H42N8O/c1-33(2,42)29-5-4-6-30(36-29)41-28(23-7-8-23)21-24-22-34-32(37-31(24)41)35-25-9-11-26(12-10-25)39-15-13-27(14-16-39)40-19-17-38(3)18-20-40/h4-6,9-12,21-23,27,42H,7-8,13-20H2,1-3H3,(H,34,35,37). The SMILES string of the molecule is CN1CCN(C2CCN(c3ccc(Nc4ncc5cc(C6CC6)n(-c6cccc(C(C)(C)O)n6)c5n4)cc3)CC2)CC1. The fourth-order valence-corrected chi connectivity index (χ4v) is 6.44. The van der Waals surface area contributed by atoms with E-state index in [9.17, 15) is 5.11 Å². The van der Waals surface area contributed by atoms with Crippen LogP contribution in [-0.2, 0) is 5.60 Å². The summed E-state index contributed by atoms with van der Waals surface area (Å²) in [4.78, 5) is 22.1. The van der Waals surface area contributed by atoms with Gasteiger partial charge in [0.2, 0.25) is 5.95 Å². The summed E-state index contributed by atoms with van der Waals surface area (Å²) in [5, 5.41) is 15.0. The average molecular weight is 567 g/mol. The summed E-state index contributed by atoms with van der Waals surface area (Å²) in [6.07, 6.45) is 6.69. The Kier molecular flexibility index (Phi) is 7.12. The minimum atomic E-state index is -1.02. The van der Waals surface area contributed by atoms with Crippen molar-refractivity contribution in [1.29, 1.82) is 0 Å². The van der Waals surface area contributed by atoms with E-state index >= 15 is 0 Å². The molecule has 42 heavy (non-hydrogen) atoms. The van der Waals surface area contributed by atoms with Crippen LogP contribution in [0.2, 0.25) is 0 Å². The Morgan fingerprint density at radius 1 is 0.881 bits per heavy atom. The number of fused-ring (bicyclic) bond motifs is 1. The second-order valence-corrected chi connectivity index (χ2v) is 12.8. The van der Waals surface area contributed by atoms with Crippen LogP contribution < -0.4 is 10.2 Å². The van der Waals surface area contributed by atoms with E-state index < -0.39 is 5.60 Å². The molecule has 5 heterocycles. The third kappa shape index (κ3) is 5.61. The van der Waals surface area contributed by atoms with E-state index in [0.29, 0.717) is 17.6 Å². The van der Waals surface area contributed by atoms with E-state index in [1.165, 1.54) is 63.2 Å². The number of nitrogens with one attached hydrogen (secondary N) is 1. The van der Waals surface area contributed by atoms with E-state index in [1.807, 2.05) is 24.4 Å². The number of hydrogen-bond acceptors (Lipinski definition) is 8. The van der Waals surface area contributed by atoms with Gasteiger partial charge in [-0.25, -0.2) is 9.97 Å². The van der Waals surface area contributed by atoms with Gasteiger partial charge in [0.25, 0.3) is 0 Å². The monoisotopic (exact) mass is 566 g/mol. The lowest BCUT2D eigenvalue weighted by molar-refractivity contribution is 0.0738. The van der Waals surface area contributed by atoms with Gasteiger partial charge in [0.15, 0.2) is 5.65 Å². The first-order chi connectivity index (χ1) is 20.3. The number of rotatable bonds is 7. The summed E-state index contributed by atoms with van der Waals surface area (Å²) in [5.74, 6) is 1.84. The largest absolute Gasteiger partial charge is 0.384 e. The molecule has 0 unspecified atom stereocenters. The molecule has 0 radical (unpaired) electrons. The Bertz CT molecular complexity index is 1540. The van der Waals surface area contributed by atoms with E-state index in [2.05, 4.69) is 66.9 Å². The molecule has 2 aliphatic heterocycles. The van der Waals surface area contributed by atoms with Crippen molar-refractivity contribution in [3.05, 3.63) is 66.1 Å². The lowest BCUT2D eigenvalue weighted by Crippen LogP contribution is -2.52. The number of aromatic nitrogens is 4. The molecule has 1 aromatic carbocycles. The van der Waals surface area contributed by atoms with Crippen molar-refractivity contribution >= 4 is 28.4 Å². The van der Waals surface area contributed by atoms with Crippen LogP contribution in [0.3, 0.4) is 0 Å². The van der Waals surface area contributed by atoms with Gasteiger partial charge >= 0.3 is 0 Å². The van der Waals surface area contributed by atoms with Gasteiger partial charge in [-0.1, -0.05) is 6.07 Å². The number of nitrogens with zero attached hydrogens (tertiary/aromatic N) is 7. The highest BCUT2D eigenvalue weighted by Gasteiger charge is 2.30. The number of anilines is 3. The summed E-state index contributed by atoms with van der Waals surface area (Å²) in [5.41, 5.74) is 3.89.